The Hall–Kier alpha value is -1.53. The summed E-state index contributed by atoms with van der Waals surface area (Å²) in [5.41, 5.74) is 1.74. The van der Waals surface area contributed by atoms with Crippen molar-refractivity contribution in [2.24, 2.45) is 7.05 Å². The zero-order chi connectivity index (χ0) is 17.8. The van der Waals surface area contributed by atoms with E-state index in [0.717, 1.165) is 22.2 Å². The molecule has 3 rings (SSSR count). The van der Waals surface area contributed by atoms with Crippen molar-refractivity contribution in [3.8, 4) is 0 Å². The molecule has 0 aliphatic heterocycles. The molecule has 1 aromatic heterocycles. The zero-order valence-corrected chi connectivity index (χ0v) is 16.2. The van der Waals surface area contributed by atoms with Crippen molar-refractivity contribution < 1.29 is 4.79 Å². The lowest BCUT2D eigenvalue weighted by atomic mass is 9.89. The van der Waals surface area contributed by atoms with Crippen LogP contribution in [0.15, 0.2) is 23.4 Å². The second-order valence-electron chi connectivity index (χ2n) is 6.53. The van der Waals surface area contributed by atoms with Crippen LogP contribution in [0, 0.1) is 6.92 Å². The number of nitrogens with one attached hydrogen (secondary N) is 1. The number of carbonyl (C=O) groups excluding carboxylic acids is 1. The first-order chi connectivity index (χ1) is 12.0. The third-order valence-electron chi connectivity index (χ3n) is 4.64. The molecular formula is C18H23ClN4OS. The summed E-state index contributed by atoms with van der Waals surface area (Å²) >= 11 is 7.41. The molecule has 0 bridgehead atoms. The first kappa shape index (κ1) is 18.3. The summed E-state index contributed by atoms with van der Waals surface area (Å²) in [5.74, 6) is 1.78. The number of carbonyl (C=O) groups is 1. The second kappa shape index (κ2) is 8.23. The SMILES string of the molecule is Cc1ccc(Cl)cc1NC(=O)CSc1nnc(C2CCCCC2)n1C. The predicted octanol–water partition coefficient (Wildman–Crippen LogP) is 4.56. The van der Waals surface area contributed by atoms with Gasteiger partial charge in [-0.15, -0.1) is 10.2 Å². The average Bonchev–Trinajstić information content (AvgIpc) is 2.98. The largest absolute Gasteiger partial charge is 0.325 e. The van der Waals surface area contributed by atoms with Crippen LogP contribution in [-0.4, -0.2) is 26.4 Å². The summed E-state index contributed by atoms with van der Waals surface area (Å²) in [4.78, 5) is 12.2. The van der Waals surface area contributed by atoms with E-state index in [-0.39, 0.29) is 5.91 Å². The highest BCUT2D eigenvalue weighted by molar-refractivity contribution is 7.99. The summed E-state index contributed by atoms with van der Waals surface area (Å²) in [6.07, 6.45) is 6.22. The lowest BCUT2D eigenvalue weighted by Gasteiger charge is -2.20. The fraction of sp³-hybridized carbons (Fsp3) is 0.500. The molecule has 5 nitrogen and oxygen atoms in total. The Balaban J connectivity index is 1.59. The summed E-state index contributed by atoms with van der Waals surface area (Å²) in [7, 11) is 1.99. The summed E-state index contributed by atoms with van der Waals surface area (Å²) in [5, 5.41) is 13.0. The molecule has 2 aromatic rings. The lowest BCUT2D eigenvalue weighted by molar-refractivity contribution is -0.113. The molecule has 1 fully saturated rings. The highest BCUT2D eigenvalue weighted by Gasteiger charge is 2.22. The third-order valence-corrected chi connectivity index (χ3v) is 5.90. The fourth-order valence-electron chi connectivity index (χ4n) is 3.21. The average molecular weight is 379 g/mol. The van der Waals surface area contributed by atoms with Crippen LogP contribution in [0.1, 0.15) is 49.4 Å². The minimum atomic E-state index is -0.0717. The van der Waals surface area contributed by atoms with Crippen LogP contribution >= 0.6 is 23.4 Å². The quantitative estimate of drug-likeness (QED) is 0.775. The van der Waals surface area contributed by atoms with E-state index in [1.807, 2.05) is 30.7 Å². The molecule has 0 saturated heterocycles. The molecule has 1 heterocycles. The highest BCUT2D eigenvalue weighted by Crippen LogP contribution is 2.32. The van der Waals surface area contributed by atoms with E-state index < -0.39 is 0 Å². The van der Waals surface area contributed by atoms with Crippen LogP contribution < -0.4 is 5.32 Å². The molecule has 0 spiro atoms. The molecule has 134 valence electrons. The van der Waals surface area contributed by atoms with Gasteiger partial charge in [-0.25, -0.2) is 0 Å². The molecule has 0 atom stereocenters. The minimum Gasteiger partial charge on any atom is -0.325 e. The molecule has 1 saturated carbocycles. The third kappa shape index (κ3) is 4.55. The van der Waals surface area contributed by atoms with Crippen molar-refractivity contribution in [1.82, 2.24) is 14.8 Å². The van der Waals surface area contributed by atoms with Gasteiger partial charge in [-0.3, -0.25) is 4.79 Å². The Bertz CT molecular complexity index is 756. The maximum absolute atomic E-state index is 12.2. The van der Waals surface area contributed by atoms with Gasteiger partial charge >= 0.3 is 0 Å². The van der Waals surface area contributed by atoms with Gasteiger partial charge in [-0.05, 0) is 37.5 Å². The number of amides is 1. The van der Waals surface area contributed by atoms with Gasteiger partial charge in [0.1, 0.15) is 5.82 Å². The predicted molar refractivity (Wildman–Crippen MR) is 102 cm³/mol. The van der Waals surface area contributed by atoms with E-state index in [9.17, 15) is 4.79 Å². The molecular weight excluding hydrogens is 356 g/mol. The Morgan fingerprint density at radius 3 is 2.84 bits per heavy atom. The topological polar surface area (TPSA) is 59.8 Å². The van der Waals surface area contributed by atoms with Crippen molar-refractivity contribution in [3.05, 3.63) is 34.6 Å². The lowest BCUT2D eigenvalue weighted by Crippen LogP contribution is -2.15. The van der Waals surface area contributed by atoms with Crippen LogP contribution in [0.3, 0.4) is 0 Å². The zero-order valence-electron chi connectivity index (χ0n) is 14.6. The Morgan fingerprint density at radius 2 is 2.08 bits per heavy atom. The van der Waals surface area contributed by atoms with E-state index in [2.05, 4.69) is 15.5 Å². The smallest absolute Gasteiger partial charge is 0.234 e. The standard InChI is InChI=1S/C18H23ClN4OS/c1-12-8-9-14(19)10-15(12)20-16(24)11-25-18-22-21-17(23(18)2)13-6-4-3-5-7-13/h8-10,13H,3-7,11H2,1-2H3,(H,20,24). The van der Waals surface area contributed by atoms with Crippen LogP contribution in [0.5, 0.6) is 0 Å². The van der Waals surface area contributed by atoms with Crippen LogP contribution in [-0.2, 0) is 11.8 Å². The molecule has 25 heavy (non-hydrogen) atoms. The van der Waals surface area contributed by atoms with Crippen molar-refractivity contribution in [2.45, 2.75) is 50.1 Å². The van der Waals surface area contributed by atoms with Gasteiger partial charge in [0.25, 0.3) is 0 Å². The molecule has 1 aliphatic rings. The van der Waals surface area contributed by atoms with E-state index in [1.54, 1.807) is 6.07 Å². The van der Waals surface area contributed by atoms with Crippen LogP contribution in [0.2, 0.25) is 5.02 Å². The van der Waals surface area contributed by atoms with Gasteiger partial charge in [0.05, 0.1) is 5.75 Å². The Kier molecular flexibility index (Phi) is 6.02. The van der Waals surface area contributed by atoms with E-state index >= 15 is 0 Å². The summed E-state index contributed by atoms with van der Waals surface area (Å²) < 4.78 is 2.04. The van der Waals surface area contributed by atoms with Gasteiger partial charge in [0, 0.05) is 23.7 Å². The number of nitrogens with zero attached hydrogens (tertiary/aromatic N) is 3. The number of hydrogen-bond donors (Lipinski definition) is 1. The maximum atomic E-state index is 12.2. The number of rotatable bonds is 5. The first-order valence-electron chi connectivity index (χ1n) is 8.62. The van der Waals surface area contributed by atoms with Crippen molar-refractivity contribution in [1.29, 1.82) is 0 Å². The van der Waals surface area contributed by atoms with Gasteiger partial charge in [0.15, 0.2) is 5.16 Å². The maximum Gasteiger partial charge on any atom is 0.234 e. The first-order valence-corrected chi connectivity index (χ1v) is 9.99. The fourth-order valence-corrected chi connectivity index (χ4v) is 4.10. The van der Waals surface area contributed by atoms with Gasteiger partial charge in [-0.2, -0.15) is 0 Å². The van der Waals surface area contributed by atoms with Gasteiger partial charge in [0.2, 0.25) is 5.91 Å². The van der Waals surface area contributed by atoms with Gasteiger partial charge in [-0.1, -0.05) is 48.7 Å². The molecule has 1 amide bonds. The minimum absolute atomic E-state index is 0.0717. The van der Waals surface area contributed by atoms with Crippen molar-refractivity contribution in [2.75, 3.05) is 11.1 Å². The van der Waals surface area contributed by atoms with Gasteiger partial charge < -0.3 is 9.88 Å². The molecule has 7 heteroatoms. The molecule has 0 unspecified atom stereocenters. The molecule has 1 aromatic carbocycles. The summed E-state index contributed by atoms with van der Waals surface area (Å²) in [6.45, 7) is 1.94. The molecule has 1 N–H and O–H groups in total. The van der Waals surface area contributed by atoms with Crippen LogP contribution in [0.25, 0.3) is 0 Å². The number of halogens is 1. The number of aryl methyl sites for hydroxylation is 1. The van der Waals surface area contributed by atoms with Crippen LogP contribution in [0.4, 0.5) is 5.69 Å². The monoisotopic (exact) mass is 378 g/mol. The number of thioether (sulfide) groups is 1. The number of hydrogen-bond acceptors (Lipinski definition) is 4. The van der Waals surface area contributed by atoms with E-state index in [1.165, 1.54) is 43.9 Å². The van der Waals surface area contributed by atoms with E-state index in [4.69, 9.17) is 11.6 Å². The number of benzene rings is 1. The Morgan fingerprint density at radius 1 is 1.32 bits per heavy atom. The Labute approximate surface area is 157 Å². The highest BCUT2D eigenvalue weighted by atomic mass is 35.5. The summed E-state index contributed by atoms with van der Waals surface area (Å²) in [6, 6.07) is 5.47. The molecule has 1 aliphatic carbocycles. The van der Waals surface area contributed by atoms with E-state index in [0.29, 0.717) is 16.7 Å². The molecule has 0 radical (unpaired) electrons. The van der Waals surface area contributed by atoms with Crippen molar-refractivity contribution >= 4 is 35.0 Å². The second-order valence-corrected chi connectivity index (χ2v) is 7.91. The normalized spacial score (nSPS) is 15.3. The number of aromatic nitrogens is 3. The number of anilines is 1. The van der Waals surface area contributed by atoms with Crippen molar-refractivity contribution in [3.63, 3.8) is 0 Å².